The van der Waals surface area contributed by atoms with E-state index in [0.29, 0.717) is 18.9 Å². The van der Waals surface area contributed by atoms with Crippen LogP contribution < -0.4 is 0 Å². The van der Waals surface area contributed by atoms with Gasteiger partial charge in [-0.15, -0.1) is 0 Å². The van der Waals surface area contributed by atoms with Crippen LogP contribution in [0.5, 0.6) is 0 Å². The number of piperidine rings is 1. The molecule has 0 aliphatic carbocycles. The predicted molar refractivity (Wildman–Crippen MR) is 82.4 cm³/mol. The third-order valence-electron chi connectivity index (χ3n) is 4.31. The molecule has 0 amide bonds. The molecule has 0 unspecified atom stereocenters. The molecule has 0 aromatic rings. The molecule has 0 bridgehead atoms. The molecule has 128 valence electrons. The maximum absolute atomic E-state index is 12.5. The van der Waals surface area contributed by atoms with E-state index in [1.54, 1.807) is 13.8 Å². The SMILES string of the molecule is CCOC(=O)C(OC)(C(=O)OCC)C1CCN(C(C)C)CC1. The number of rotatable bonds is 7. The number of ether oxygens (including phenoxy) is 3. The van der Waals surface area contributed by atoms with Crippen LogP contribution in [0, 0.1) is 5.92 Å². The van der Waals surface area contributed by atoms with Gasteiger partial charge in [0.2, 0.25) is 0 Å². The molecule has 1 aliphatic rings. The van der Waals surface area contributed by atoms with Crippen LogP contribution >= 0.6 is 0 Å². The quantitative estimate of drug-likeness (QED) is 0.525. The summed E-state index contributed by atoms with van der Waals surface area (Å²) >= 11 is 0. The van der Waals surface area contributed by atoms with E-state index in [1.165, 1.54) is 7.11 Å². The molecule has 22 heavy (non-hydrogen) atoms. The van der Waals surface area contributed by atoms with Gasteiger partial charge < -0.3 is 19.1 Å². The Morgan fingerprint density at radius 1 is 1.09 bits per heavy atom. The van der Waals surface area contributed by atoms with E-state index >= 15 is 0 Å². The average Bonchev–Trinajstić information content (AvgIpc) is 2.49. The van der Waals surface area contributed by atoms with Gasteiger partial charge >= 0.3 is 11.9 Å². The van der Waals surface area contributed by atoms with Crippen molar-refractivity contribution in [2.45, 2.75) is 52.2 Å². The second-order valence-electron chi connectivity index (χ2n) is 5.78. The van der Waals surface area contributed by atoms with Gasteiger partial charge in [-0.3, -0.25) is 0 Å². The van der Waals surface area contributed by atoms with Crippen molar-refractivity contribution in [3.05, 3.63) is 0 Å². The first-order valence-electron chi connectivity index (χ1n) is 8.07. The van der Waals surface area contributed by atoms with Gasteiger partial charge in [-0.1, -0.05) is 0 Å². The molecule has 0 atom stereocenters. The Labute approximate surface area is 133 Å². The van der Waals surface area contributed by atoms with E-state index in [0.717, 1.165) is 13.1 Å². The first-order valence-corrected chi connectivity index (χ1v) is 8.07. The van der Waals surface area contributed by atoms with E-state index in [2.05, 4.69) is 18.7 Å². The zero-order valence-corrected chi connectivity index (χ0v) is 14.4. The van der Waals surface area contributed by atoms with Crippen LogP contribution in [-0.2, 0) is 23.8 Å². The highest BCUT2D eigenvalue weighted by Crippen LogP contribution is 2.34. The van der Waals surface area contributed by atoms with Crippen LogP contribution in [0.3, 0.4) is 0 Å². The topological polar surface area (TPSA) is 65.1 Å². The van der Waals surface area contributed by atoms with Crippen molar-refractivity contribution < 1.29 is 23.8 Å². The lowest BCUT2D eigenvalue weighted by atomic mass is 9.79. The maximum atomic E-state index is 12.5. The largest absolute Gasteiger partial charge is 0.463 e. The third kappa shape index (κ3) is 3.79. The summed E-state index contributed by atoms with van der Waals surface area (Å²) in [5.74, 6) is -1.51. The smallest absolute Gasteiger partial charge is 0.350 e. The van der Waals surface area contributed by atoms with Gasteiger partial charge in [-0.2, -0.15) is 0 Å². The molecule has 1 saturated heterocycles. The summed E-state index contributed by atoms with van der Waals surface area (Å²) in [5, 5.41) is 0. The van der Waals surface area contributed by atoms with E-state index < -0.39 is 17.5 Å². The maximum Gasteiger partial charge on any atom is 0.350 e. The number of methoxy groups -OCH3 is 1. The van der Waals surface area contributed by atoms with Crippen molar-refractivity contribution in [2.24, 2.45) is 5.92 Å². The summed E-state index contributed by atoms with van der Waals surface area (Å²) in [6.45, 7) is 9.76. The molecule has 1 aliphatic heterocycles. The molecule has 0 radical (unpaired) electrons. The Hall–Kier alpha value is -1.14. The molecule has 0 aromatic carbocycles. The van der Waals surface area contributed by atoms with Gasteiger partial charge in [0.05, 0.1) is 13.2 Å². The fourth-order valence-corrected chi connectivity index (χ4v) is 3.05. The summed E-state index contributed by atoms with van der Waals surface area (Å²) in [7, 11) is 1.38. The monoisotopic (exact) mass is 315 g/mol. The highest BCUT2D eigenvalue weighted by atomic mass is 16.6. The molecule has 1 fully saturated rings. The molecular formula is C16H29NO5. The zero-order valence-electron chi connectivity index (χ0n) is 14.4. The Bertz CT molecular complexity index is 357. The first kappa shape index (κ1) is 18.9. The van der Waals surface area contributed by atoms with E-state index in [1.807, 2.05) is 0 Å². The average molecular weight is 315 g/mol. The Morgan fingerprint density at radius 3 is 1.86 bits per heavy atom. The number of nitrogens with zero attached hydrogens (tertiary/aromatic N) is 1. The van der Waals surface area contributed by atoms with E-state index in [9.17, 15) is 9.59 Å². The molecule has 0 saturated carbocycles. The zero-order chi connectivity index (χ0) is 16.8. The van der Waals surface area contributed by atoms with Crippen LogP contribution in [0.15, 0.2) is 0 Å². The van der Waals surface area contributed by atoms with Gasteiger partial charge in [0, 0.05) is 19.1 Å². The minimum Gasteiger partial charge on any atom is -0.463 e. The summed E-state index contributed by atoms with van der Waals surface area (Å²) < 4.78 is 15.7. The highest BCUT2D eigenvalue weighted by molar-refractivity contribution is 6.04. The summed E-state index contributed by atoms with van der Waals surface area (Å²) in [6, 6.07) is 0.447. The lowest BCUT2D eigenvalue weighted by Gasteiger charge is -2.41. The third-order valence-corrected chi connectivity index (χ3v) is 4.31. The number of carbonyl (C=O) groups excluding carboxylic acids is 2. The Morgan fingerprint density at radius 2 is 1.55 bits per heavy atom. The highest BCUT2D eigenvalue weighted by Gasteiger charge is 2.56. The van der Waals surface area contributed by atoms with Crippen molar-refractivity contribution in [3.63, 3.8) is 0 Å². The lowest BCUT2D eigenvalue weighted by Crippen LogP contribution is -2.58. The Balaban J connectivity index is 2.99. The van der Waals surface area contributed by atoms with Crippen LogP contribution in [0.25, 0.3) is 0 Å². The lowest BCUT2D eigenvalue weighted by molar-refractivity contribution is -0.197. The molecule has 1 heterocycles. The van der Waals surface area contributed by atoms with Crippen LogP contribution in [-0.4, -0.2) is 61.9 Å². The molecule has 6 nitrogen and oxygen atoms in total. The molecule has 0 aromatic heterocycles. The van der Waals surface area contributed by atoms with Crippen molar-refractivity contribution in [3.8, 4) is 0 Å². The van der Waals surface area contributed by atoms with Crippen LogP contribution in [0.2, 0.25) is 0 Å². The summed E-state index contributed by atoms with van der Waals surface area (Å²) in [4.78, 5) is 27.3. The minimum atomic E-state index is -1.64. The van der Waals surface area contributed by atoms with Crippen molar-refractivity contribution >= 4 is 11.9 Å². The number of carbonyl (C=O) groups is 2. The number of hydrogen-bond acceptors (Lipinski definition) is 6. The first-order chi connectivity index (χ1) is 10.4. The van der Waals surface area contributed by atoms with Crippen molar-refractivity contribution in [1.82, 2.24) is 4.90 Å². The Kier molecular flexibility index (Phi) is 7.29. The fraction of sp³-hybridized carbons (Fsp3) is 0.875. The van der Waals surface area contributed by atoms with Gasteiger partial charge in [-0.05, 0) is 53.6 Å². The normalized spacial score (nSPS) is 17.5. The second-order valence-corrected chi connectivity index (χ2v) is 5.78. The van der Waals surface area contributed by atoms with E-state index in [4.69, 9.17) is 14.2 Å². The van der Waals surface area contributed by atoms with Crippen molar-refractivity contribution in [1.29, 1.82) is 0 Å². The molecule has 0 N–H and O–H groups in total. The second kappa shape index (κ2) is 8.48. The van der Waals surface area contributed by atoms with Gasteiger partial charge in [0.1, 0.15) is 0 Å². The molecular weight excluding hydrogens is 286 g/mol. The minimum absolute atomic E-state index is 0.203. The molecule has 6 heteroatoms. The standard InChI is InChI=1S/C16H29NO5/c1-6-21-14(18)16(20-5,15(19)22-7-2)13-8-10-17(11-9-13)12(3)4/h12-13H,6-11H2,1-5H3. The molecule has 0 spiro atoms. The van der Waals surface area contributed by atoms with Crippen LogP contribution in [0.4, 0.5) is 0 Å². The number of hydrogen-bond donors (Lipinski definition) is 0. The predicted octanol–water partition coefficient (Wildman–Crippen LogP) is 1.62. The molecule has 1 rings (SSSR count). The fourth-order valence-electron chi connectivity index (χ4n) is 3.05. The van der Waals surface area contributed by atoms with Crippen LogP contribution in [0.1, 0.15) is 40.5 Å². The number of esters is 2. The summed E-state index contributed by atoms with van der Waals surface area (Å²) in [5.41, 5.74) is -1.64. The summed E-state index contributed by atoms with van der Waals surface area (Å²) in [6.07, 6.45) is 1.40. The van der Waals surface area contributed by atoms with E-state index in [-0.39, 0.29) is 19.1 Å². The van der Waals surface area contributed by atoms with Crippen molar-refractivity contribution in [2.75, 3.05) is 33.4 Å². The van der Waals surface area contributed by atoms with Gasteiger partial charge in [0.15, 0.2) is 0 Å². The number of likely N-dealkylation sites (tertiary alicyclic amines) is 1. The van der Waals surface area contributed by atoms with Gasteiger partial charge in [0.25, 0.3) is 5.60 Å². The van der Waals surface area contributed by atoms with Gasteiger partial charge in [-0.25, -0.2) is 9.59 Å².